The van der Waals surface area contributed by atoms with Gasteiger partial charge in [0, 0.05) is 6.54 Å². The molecule has 0 unspecified atom stereocenters. The summed E-state index contributed by atoms with van der Waals surface area (Å²) in [5.41, 5.74) is 0.840. The number of aliphatic hydroxyl groups is 2. The number of aryl methyl sites for hydroxylation is 1. The molecule has 0 spiro atoms. The molecule has 1 fully saturated rings. The first kappa shape index (κ1) is 25.9. The summed E-state index contributed by atoms with van der Waals surface area (Å²) in [6.07, 6.45) is -4.66. The summed E-state index contributed by atoms with van der Waals surface area (Å²) < 4.78 is 42.1. The van der Waals surface area contributed by atoms with Crippen molar-refractivity contribution in [2.24, 2.45) is 0 Å². The maximum absolute atomic E-state index is 12.1. The van der Waals surface area contributed by atoms with Gasteiger partial charge in [0.05, 0.1) is 17.3 Å². The van der Waals surface area contributed by atoms with Crippen molar-refractivity contribution >= 4 is 45.9 Å². The number of ether oxygens (including phenoxy) is 1. The highest BCUT2D eigenvalue weighted by Gasteiger charge is 2.47. The van der Waals surface area contributed by atoms with Gasteiger partial charge in [0.2, 0.25) is 5.28 Å². The van der Waals surface area contributed by atoms with Crippen molar-refractivity contribution < 1.29 is 37.7 Å². The van der Waals surface area contributed by atoms with Crippen LogP contribution in [0, 0.1) is 6.92 Å². The van der Waals surface area contributed by atoms with Gasteiger partial charge in [-0.05, 0) is 24.1 Å². The number of nitrogens with one attached hydrogen (secondary N) is 1. The Kier molecular flexibility index (Phi) is 7.19. The number of halogens is 1. The van der Waals surface area contributed by atoms with Crippen LogP contribution < -0.4 is 5.32 Å². The molecule has 0 bridgehead atoms. The van der Waals surface area contributed by atoms with Gasteiger partial charge in [-0.1, -0.05) is 29.8 Å². The second-order valence-corrected chi connectivity index (χ2v) is 12.8. The van der Waals surface area contributed by atoms with Crippen molar-refractivity contribution in [1.29, 1.82) is 0 Å². The number of hydrogen-bond acceptors (Lipinski definition) is 10. The summed E-state index contributed by atoms with van der Waals surface area (Å²) in [4.78, 5) is 26.3. The van der Waals surface area contributed by atoms with Crippen molar-refractivity contribution in [1.82, 2.24) is 19.7 Å². The average molecular weight is 548 g/mol. The van der Waals surface area contributed by atoms with Crippen LogP contribution in [0.5, 0.6) is 0 Å². The van der Waals surface area contributed by atoms with Crippen LogP contribution in [0.25, 0.3) is 11.0 Å². The van der Waals surface area contributed by atoms with E-state index in [1.165, 1.54) is 6.20 Å². The van der Waals surface area contributed by atoms with Crippen LogP contribution in [-0.2, 0) is 25.7 Å². The summed E-state index contributed by atoms with van der Waals surface area (Å²) in [6.45, 7) is 2.40. The Balaban J connectivity index is 1.58. The summed E-state index contributed by atoms with van der Waals surface area (Å²) in [5.74, 6) is -0.549. The van der Waals surface area contributed by atoms with Crippen LogP contribution in [0.1, 0.15) is 17.4 Å². The summed E-state index contributed by atoms with van der Waals surface area (Å²) in [6, 6.07) is 7.84. The SMILES string of the molecule is Cc1cccc(CNc2nc(Cl)nc3c2cnn3[C@@H]2O[C@H](CS(=O)(=O)CP(=O)(O)O)[C@@H](O)[C@H]2O)c1. The first-order valence-corrected chi connectivity index (χ1v) is 14.3. The summed E-state index contributed by atoms with van der Waals surface area (Å²) in [7, 11) is -9.17. The van der Waals surface area contributed by atoms with Crippen LogP contribution in [-0.4, -0.2) is 77.7 Å². The molecule has 4 rings (SSSR count). The predicted octanol–water partition coefficient (Wildman–Crippen LogP) is 0.569. The van der Waals surface area contributed by atoms with E-state index in [4.69, 9.17) is 26.1 Å². The normalized spacial score (nSPS) is 23.1. The van der Waals surface area contributed by atoms with E-state index in [-0.39, 0.29) is 10.9 Å². The molecule has 0 saturated carbocycles. The molecule has 4 atom stereocenters. The molecule has 1 saturated heterocycles. The largest absolute Gasteiger partial charge is 0.387 e. The standard InChI is InChI=1S/C19H23ClN5O8PS/c1-10-3-2-4-11(5-10)6-21-16-12-7-22-25(17(12)24-19(20)23-16)18-15(27)14(26)13(33-18)8-35(31,32)9-34(28,29)30/h2-5,7,13-15,18,26-27H,6,8-9H2,1H3,(H,21,23,24)(H2,28,29,30)/t13-,14-,15-,18-/m1/s1. The van der Waals surface area contributed by atoms with E-state index in [1.807, 2.05) is 31.2 Å². The van der Waals surface area contributed by atoms with Gasteiger partial charge in [0.1, 0.15) is 24.1 Å². The van der Waals surface area contributed by atoms with Crippen LogP contribution >= 0.6 is 19.2 Å². The van der Waals surface area contributed by atoms with Crippen molar-refractivity contribution in [3.8, 4) is 0 Å². The molecule has 35 heavy (non-hydrogen) atoms. The number of sulfone groups is 1. The number of benzene rings is 1. The third kappa shape index (κ3) is 5.98. The van der Waals surface area contributed by atoms with Crippen molar-refractivity contribution in [2.45, 2.75) is 38.0 Å². The zero-order valence-corrected chi connectivity index (χ0v) is 20.7. The maximum Gasteiger partial charge on any atom is 0.340 e. The molecule has 1 aliphatic heterocycles. The molecule has 16 heteroatoms. The van der Waals surface area contributed by atoms with Gasteiger partial charge in [0.15, 0.2) is 27.2 Å². The smallest absolute Gasteiger partial charge is 0.340 e. The van der Waals surface area contributed by atoms with E-state index >= 15 is 0 Å². The molecule has 2 aromatic heterocycles. The molecule has 0 amide bonds. The Morgan fingerprint density at radius 3 is 2.66 bits per heavy atom. The van der Waals surface area contributed by atoms with Crippen molar-refractivity contribution in [3.05, 3.63) is 46.9 Å². The molecule has 3 heterocycles. The number of aliphatic hydroxyl groups excluding tert-OH is 2. The predicted molar refractivity (Wildman–Crippen MR) is 125 cm³/mol. The van der Waals surface area contributed by atoms with Gasteiger partial charge < -0.3 is 30.1 Å². The number of nitrogens with zero attached hydrogens (tertiary/aromatic N) is 4. The van der Waals surface area contributed by atoms with Crippen molar-refractivity contribution in [3.63, 3.8) is 0 Å². The van der Waals surface area contributed by atoms with Crippen molar-refractivity contribution in [2.75, 3.05) is 16.6 Å². The second kappa shape index (κ2) is 9.71. The molecule has 1 aromatic carbocycles. The Labute approximate surface area is 204 Å². The fraction of sp³-hybridized carbons (Fsp3) is 0.421. The highest BCUT2D eigenvalue weighted by molar-refractivity contribution is 7.97. The fourth-order valence-corrected chi connectivity index (χ4v) is 7.27. The van der Waals surface area contributed by atoms with Crippen LogP contribution in [0.3, 0.4) is 0 Å². The number of anilines is 1. The minimum absolute atomic E-state index is 0.125. The van der Waals surface area contributed by atoms with E-state index < -0.39 is 53.2 Å². The molecular formula is C19H23ClN5O8PS. The number of rotatable bonds is 8. The third-order valence-corrected chi connectivity index (χ3v) is 9.25. The molecule has 0 radical (unpaired) electrons. The van der Waals surface area contributed by atoms with E-state index in [0.717, 1.165) is 15.8 Å². The lowest BCUT2D eigenvalue weighted by atomic mass is 10.1. The molecule has 0 aliphatic carbocycles. The summed E-state index contributed by atoms with van der Waals surface area (Å²) in [5, 5.41) is 28.5. The molecular weight excluding hydrogens is 525 g/mol. The van der Waals surface area contributed by atoms with E-state index in [0.29, 0.717) is 17.7 Å². The summed E-state index contributed by atoms with van der Waals surface area (Å²) >= 11 is 6.10. The minimum Gasteiger partial charge on any atom is -0.387 e. The zero-order chi connectivity index (χ0) is 25.5. The first-order chi connectivity index (χ1) is 16.3. The van der Waals surface area contributed by atoms with E-state index in [1.54, 1.807) is 0 Å². The molecule has 13 nitrogen and oxygen atoms in total. The van der Waals surface area contributed by atoms with Gasteiger partial charge in [-0.15, -0.1) is 0 Å². The quantitative estimate of drug-likeness (QED) is 0.194. The highest BCUT2D eigenvalue weighted by atomic mass is 35.5. The highest BCUT2D eigenvalue weighted by Crippen LogP contribution is 2.38. The van der Waals surface area contributed by atoms with E-state index in [9.17, 15) is 23.2 Å². The Bertz CT molecular complexity index is 1400. The van der Waals surface area contributed by atoms with Crippen LogP contribution in [0.2, 0.25) is 5.28 Å². The molecule has 190 valence electrons. The van der Waals surface area contributed by atoms with Gasteiger partial charge in [-0.25, -0.2) is 13.1 Å². The zero-order valence-electron chi connectivity index (χ0n) is 18.3. The molecule has 5 N–H and O–H groups in total. The lowest BCUT2D eigenvalue weighted by Crippen LogP contribution is -2.36. The maximum atomic E-state index is 12.1. The Morgan fingerprint density at radius 2 is 1.97 bits per heavy atom. The number of aromatic nitrogens is 4. The monoisotopic (exact) mass is 547 g/mol. The third-order valence-electron chi connectivity index (χ3n) is 5.33. The number of fused-ring (bicyclic) bond motifs is 1. The van der Waals surface area contributed by atoms with Gasteiger partial charge >= 0.3 is 7.60 Å². The molecule has 1 aliphatic rings. The minimum atomic E-state index is -4.86. The molecule has 3 aromatic rings. The average Bonchev–Trinajstić information content (AvgIpc) is 3.26. The Morgan fingerprint density at radius 1 is 1.23 bits per heavy atom. The Hall–Kier alpha value is -2.16. The van der Waals surface area contributed by atoms with Crippen LogP contribution in [0.4, 0.5) is 5.82 Å². The van der Waals surface area contributed by atoms with Crippen LogP contribution in [0.15, 0.2) is 30.5 Å². The lowest BCUT2D eigenvalue weighted by molar-refractivity contribution is -0.0364. The van der Waals surface area contributed by atoms with Gasteiger partial charge in [-0.3, -0.25) is 4.57 Å². The van der Waals surface area contributed by atoms with Gasteiger partial charge in [-0.2, -0.15) is 15.1 Å². The number of hydrogen-bond donors (Lipinski definition) is 5. The second-order valence-electron chi connectivity index (χ2n) is 8.26. The first-order valence-electron chi connectivity index (χ1n) is 10.3. The lowest BCUT2D eigenvalue weighted by Gasteiger charge is -2.16. The van der Waals surface area contributed by atoms with E-state index in [2.05, 4.69) is 20.4 Å². The van der Waals surface area contributed by atoms with Gasteiger partial charge in [0.25, 0.3) is 0 Å². The fourth-order valence-electron chi connectivity index (χ4n) is 3.86. The topological polar surface area (TPSA) is 197 Å².